The molecule has 1 amide bonds. The number of amides is 1. The Bertz CT molecular complexity index is 660. The highest BCUT2D eigenvalue weighted by Crippen LogP contribution is 2.34. The van der Waals surface area contributed by atoms with Crippen molar-refractivity contribution in [1.82, 2.24) is 5.32 Å². The Labute approximate surface area is 126 Å². The van der Waals surface area contributed by atoms with Crippen molar-refractivity contribution in [3.8, 4) is 11.5 Å². The molecule has 0 unspecified atom stereocenters. The van der Waals surface area contributed by atoms with Crippen molar-refractivity contribution in [3.63, 3.8) is 0 Å². The molecular weight excluding hydrogens is 299 g/mol. The lowest BCUT2D eigenvalue weighted by atomic mass is 10.2. The minimum Gasteiger partial charge on any atom is -0.454 e. The van der Waals surface area contributed by atoms with Gasteiger partial charge in [-0.2, -0.15) is 0 Å². The van der Waals surface area contributed by atoms with Gasteiger partial charge in [0.15, 0.2) is 0 Å². The van der Waals surface area contributed by atoms with Crippen molar-refractivity contribution >= 4 is 34.8 Å². The number of nitrogens with two attached hydrogens (primary N) is 1. The van der Waals surface area contributed by atoms with Crippen LogP contribution in [0.4, 0.5) is 5.69 Å². The highest BCUT2D eigenvalue weighted by molar-refractivity contribution is 6.35. The molecule has 3 N–H and O–H groups in total. The fourth-order valence-corrected chi connectivity index (χ4v) is 2.05. The van der Waals surface area contributed by atoms with E-state index in [9.17, 15) is 4.79 Å². The summed E-state index contributed by atoms with van der Waals surface area (Å²) in [6.45, 7) is 0. The molecule has 2 aromatic carbocycles. The fourth-order valence-electron chi connectivity index (χ4n) is 1.60. The molecule has 0 spiro atoms. The van der Waals surface area contributed by atoms with Gasteiger partial charge in [-0.15, -0.1) is 0 Å². The molecule has 0 saturated carbocycles. The number of ether oxygens (including phenoxy) is 1. The minimum absolute atomic E-state index is 0.215. The predicted octanol–water partition coefficient (Wildman–Crippen LogP) is 3.73. The van der Waals surface area contributed by atoms with Gasteiger partial charge in [0.05, 0.1) is 10.7 Å². The SMILES string of the molecule is CNC(=O)c1ccc(Oc2ccc(Cl)cc2Cl)c(N)c1. The first-order valence-electron chi connectivity index (χ1n) is 5.76. The number of carbonyl (C=O) groups is 1. The monoisotopic (exact) mass is 310 g/mol. The lowest BCUT2D eigenvalue weighted by Crippen LogP contribution is -2.17. The van der Waals surface area contributed by atoms with Crippen LogP contribution in [0.2, 0.25) is 10.0 Å². The Morgan fingerprint density at radius 1 is 1.15 bits per heavy atom. The zero-order valence-electron chi connectivity index (χ0n) is 10.6. The number of nitrogens with one attached hydrogen (secondary N) is 1. The number of hydrogen-bond acceptors (Lipinski definition) is 3. The summed E-state index contributed by atoms with van der Waals surface area (Å²) in [7, 11) is 1.55. The van der Waals surface area contributed by atoms with Gasteiger partial charge in [0.1, 0.15) is 11.5 Å². The molecule has 0 atom stereocenters. The van der Waals surface area contributed by atoms with E-state index >= 15 is 0 Å². The molecule has 0 radical (unpaired) electrons. The van der Waals surface area contributed by atoms with Gasteiger partial charge >= 0.3 is 0 Å². The second kappa shape index (κ2) is 6.03. The molecule has 20 heavy (non-hydrogen) atoms. The van der Waals surface area contributed by atoms with Crippen LogP contribution in [0.5, 0.6) is 11.5 Å². The van der Waals surface area contributed by atoms with Crippen molar-refractivity contribution in [2.45, 2.75) is 0 Å². The van der Waals surface area contributed by atoms with Crippen LogP contribution in [0.15, 0.2) is 36.4 Å². The Morgan fingerprint density at radius 3 is 2.45 bits per heavy atom. The first kappa shape index (κ1) is 14.5. The number of nitrogen functional groups attached to an aromatic ring is 1. The number of carbonyl (C=O) groups excluding carboxylic acids is 1. The highest BCUT2D eigenvalue weighted by atomic mass is 35.5. The molecular formula is C14H12Cl2N2O2. The Hall–Kier alpha value is -1.91. The molecule has 4 nitrogen and oxygen atoms in total. The molecule has 0 fully saturated rings. The topological polar surface area (TPSA) is 64.3 Å². The average molecular weight is 311 g/mol. The Kier molecular flexibility index (Phi) is 4.37. The zero-order valence-corrected chi connectivity index (χ0v) is 12.1. The molecule has 0 aliphatic carbocycles. The lowest BCUT2D eigenvalue weighted by Gasteiger charge is -2.11. The molecule has 6 heteroatoms. The van der Waals surface area contributed by atoms with E-state index < -0.39 is 0 Å². The second-order valence-electron chi connectivity index (χ2n) is 4.01. The number of anilines is 1. The van der Waals surface area contributed by atoms with Gasteiger partial charge in [-0.3, -0.25) is 4.79 Å². The van der Waals surface area contributed by atoms with Gasteiger partial charge in [0, 0.05) is 17.6 Å². The van der Waals surface area contributed by atoms with Gasteiger partial charge in [-0.1, -0.05) is 23.2 Å². The van der Waals surface area contributed by atoms with E-state index in [1.165, 1.54) is 6.07 Å². The van der Waals surface area contributed by atoms with Crippen molar-refractivity contribution in [2.24, 2.45) is 0 Å². The molecule has 0 bridgehead atoms. The van der Waals surface area contributed by atoms with Crippen LogP contribution < -0.4 is 15.8 Å². The first-order valence-corrected chi connectivity index (χ1v) is 6.51. The maximum atomic E-state index is 11.5. The summed E-state index contributed by atoms with van der Waals surface area (Å²) in [4.78, 5) is 11.5. The van der Waals surface area contributed by atoms with Gasteiger partial charge < -0.3 is 15.8 Å². The standard InChI is InChI=1S/C14H12Cl2N2O2/c1-18-14(19)8-2-4-13(11(17)6-8)20-12-5-3-9(15)7-10(12)16/h2-7H,17H2,1H3,(H,18,19). The normalized spacial score (nSPS) is 10.2. The average Bonchev–Trinajstić information content (AvgIpc) is 2.42. The van der Waals surface area contributed by atoms with E-state index in [1.54, 1.807) is 37.4 Å². The zero-order chi connectivity index (χ0) is 14.7. The summed E-state index contributed by atoms with van der Waals surface area (Å²) >= 11 is 11.8. The number of benzene rings is 2. The van der Waals surface area contributed by atoms with Crippen LogP contribution >= 0.6 is 23.2 Å². The molecule has 2 rings (SSSR count). The predicted molar refractivity (Wildman–Crippen MR) is 80.8 cm³/mol. The van der Waals surface area contributed by atoms with E-state index in [-0.39, 0.29) is 5.91 Å². The van der Waals surface area contributed by atoms with E-state index in [2.05, 4.69) is 5.32 Å². The van der Waals surface area contributed by atoms with E-state index in [0.29, 0.717) is 32.8 Å². The largest absolute Gasteiger partial charge is 0.454 e. The maximum Gasteiger partial charge on any atom is 0.251 e. The number of rotatable bonds is 3. The van der Waals surface area contributed by atoms with Gasteiger partial charge in [-0.25, -0.2) is 0 Å². The molecule has 0 heterocycles. The van der Waals surface area contributed by atoms with Crippen molar-refractivity contribution in [1.29, 1.82) is 0 Å². The van der Waals surface area contributed by atoms with Crippen LogP contribution in [0, 0.1) is 0 Å². The smallest absolute Gasteiger partial charge is 0.251 e. The second-order valence-corrected chi connectivity index (χ2v) is 4.85. The minimum atomic E-state index is -0.215. The van der Waals surface area contributed by atoms with E-state index in [1.807, 2.05) is 0 Å². The van der Waals surface area contributed by atoms with Crippen molar-refractivity contribution in [2.75, 3.05) is 12.8 Å². The first-order chi connectivity index (χ1) is 9.51. The van der Waals surface area contributed by atoms with Crippen molar-refractivity contribution in [3.05, 3.63) is 52.0 Å². The third-order valence-electron chi connectivity index (χ3n) is 2.61. The Morgan fingerprint density at radius 2 is 1.85 bits per heavy atom. The molecule has 2 aromatic rings. The van der Waals surface area contributed by atoms with Crippen molar-refractivity contribution < 1.29 is 9.53 Å². The fraction of sp³-hybridized carbons (Fsp3) is 0.0714. The lowest BCUT2D eigenvalue weighted by molar-refractivity contribution is 0.0963. The molecule has 104 valence electrons. The summed E-state index contributed by atoms with van der Waals surface area (Å²) in [5.41, 5.74) is 6.67. The molecule has 0 saturated heterocycles. The van der Waals surface area contributed by atoms with Crippen LogP contribution in [-0.2, 0) is 0 Å². The molecule has 0 aliphatic rings. The van der Waals surface area contributed by atoms with Crippen LogP contribution in [0.25, 0.3) is 0 Å². The highest BCUT2D eigenvalue weighted by Gasteiger charge is 2.10. The van der Waals surface area contributed by atoms with Gasteiger partial charge in [-0.05, 0) is 36.4 Å². The van der Waals surface area contributed by atoms with Crippen LogP contribution in [0.3, 0.4) is 0 Å². The van der Waals surface area contributed by atoms with E-state index in [4.69, 9.17) is 33.7 Å². The third kappa shape index (κ3) is 3.15. The maximum absolute atomic E-state index is 11.5. The summed E-state index contributed by atoms with van der Waals surface area (Å²) < 4.78 is 5.62. The Balaban J connectivity index is 2.28. The number of halogens is 2. The summed E-state index contributed by atoms with van der Waals surface area (Å²) in [6, 6.07) is 9.67. The summed E-state index contributed by atoms with van der Waals surface area (Å²) in [5.74, 6) is 0.644. The molecule has 0 aromatic heterocycles. The van der Waals surface area contributed by atoms with Gasteiger partial charge in [0.2, 0.25) is 0 Å². The van der Waals surface area contributed by atoms with Crippen LogP contribution in [-0.4, -0.2) is 13.0 Å². The van der Waals surface area contributed by atoms with E-state index in [0.717, 1.165) is 0 Å². The van der Waals surface area contributed by atoms with Crippen LogP contribution in [0.1, 0.15) is 10.4 Å². The summed E-state index contributed by atoms with van der Waals surface area (Å²) in [5, 5.41) is 3.42. The summed E-state index contributed by atoms with van der Waals surface area (Å²) in [6.07, 6.45) is 0. The number of hydrogen-bond donors (Lipinski definition) is 2. The van der Waals surface area contributed by atoms with Gasteiger partial charge in [0.25, 0.3) is 5.91 Å². The third-order valence-corrected chi connectivity index (χ3v) is 3.14. The molecule has 0 aliphatic heterocycles. The quantitative estimate of drug-likeness (QED) is 0.849.